The highest BCUT2D eigenvalue weighted by Crippen LogP contribution is 2.29. The first-order valence-corrected chi connectivity index (χ1v) is 9.00. The summed E-state index contributed by atoms with van der Waals surface area (Å²) in [6, 6.07) is 6.30. The molecule has 2 aromatic heterocycles. The molecule has 136 valence electrons. The van der Waals surface area contributed by atoms with E-state index in [2.05, 4.69) is 45.0 Å². The highest BCUT2D eigenvalue weighted by molar-refractivity contribution is 5.75. The van der Waals surface area contributed by atoms with Gasteiger partial charge in [-0.2, -0.15) is 4.98 Å². The van der Waals surface area contributed by atoms with Gasteiger partial charge in [0, 0.05) is 19.0 Å². The molecule has 2 N–H and O–H groups in total. The van der Waals surface area contributed by atoms with Crippen LogP contribution in [0.1, 0.15) is 30.1 Å². The number of imidazole rings is 1. The molecule has 1 fully saturated rings. The first-order valence-electron chi connectivity index (χ1n) is 9.00. The molecule has 0 bridgehead atoms. The molecule has 3 heterocycles. The first kappa shape index (κ1) is 16.8. The Bertz CT molecular complexity index is 895. The van der Waals surface area contributed by atoms with Crippen molar-refractivity contribution in [2.45, 2.75) is 25.7 Å². The maximum atomic E-state index is 8.89. The van der Waals surface area contributed by atoms with E-state index in [1.807, 2.05) is 0 Å². The van der Waals surface area contributed by atoms with Crippen molar-refractivity contribution < 1.29 is 9.84 Å². The number of anilines is 1. The van der Waals surface area contributed by atoms with E-state index in [0.29, 0.717) is 11.8 Å². The number of piperidine rings is 1. The second-order valence-electron chi connectivity index (χ2n) is 6.72. The zero-order valence-corrected chi connectivity index (χ0v) is 14.9. The van der Waals surface area contributed by atoms with Crippen LogP contribution < -0.4 is 9.64 Å². The summed E-state index contributed by atoms with van der Waals surface area (Å²) < 4.78 is 5.38. The van der Waals surface area contributed by atoms with E-state index in [4.69, 9.17) is 14.8 Å². The third-order valence-corrected chi connectivity index (χ3v) is 4.73. The predicted molar refractivity (Wildman–Crippen MR) is 99.6 cm³/mol. The van der Waals surface area contributed by atoms with Gasteiger partial charge in [-0.15, -0.1) is 0 Å². The minimum absolute atomic E-state index is 0.0385. The molecule has 1 atom stereocenters. The fourth-order valence-electron chi connectivity index (χ4n) is 3.46. The SMILES string of the molecule is Cc1ccc2nc(C3CCCN(c4cncc(OCCO)n4)C3)[nH]c2c1. The molecule has 26 heavy (non-hydrogen) atoms. The van der Waals surface area contributed by atoms with Crippen LogP contribution >= 0.6 is 0 Å². The van der Waals surface area contributed by atoms with Crippen molar-refractivity contribution in [1.29, 1.82) is 0 Å². The molecule has 1 unspecified atom stereocenters. The number of hydrogen-bond donors (Lipinski definition) is 2. The van der Waals surface area contributed by atoms with Gasteiger partial charge < -0.3 is 19.7 Å². The van der Waals surface area contributed by atoms with Crippen LogP contribution in [0.2, 0.25) is 0 Å². The summed E-state index contributed by atoms with van der Waals surface area (Å²) in [7, 11) is 0. The van der Waals surface area contributed by atoms with Crippen molar-refractivity contribution in [2.24, 2.45) is 0 Å². The molecule has 0 radical (unpaired) electrons. The van der Waals surface area contributed by atoms with E-state index < -0.39 is 0 Å². The standard InChI is InChI=1S/C19H23N5O2/c1-13-4-5-15-16(9-13)22-19(21-15)14-3-2-6-24(12-14)17-10-20-11-18(23-17)26-8-7-25/h4-5,9-11,14,25H,2-3,6-8,12H2,1H3,(H,21,22). The van der Waals surface area contributed by atoms with Gasteiger partial charge in [0.25, 0.3) is 0 Å². The molecule has 0 aliphatic carbocycles. The molecule has 1 aliphatic rings. The summed E-state index contributed by atoms with van der Waals surface area (Å²) in [6.07, 6.45) is 5.51. The minimum atomic E-state index is -0.0385. The maximum absolute atomic E-state index is 8.89. The van der Waals surface area contributed by atoms with Crippen molar-refractivity contribution in [3.05, 3.63) is 42.0 Å². The fourth-order valence-corrected chi connectivity index (χ4v) is 3.46. The molecule has 3 aromatic rings. The number of fused-ring (bicyclic) bond motifs is 1. The third-order valence-electron chi connectivity index (χ3n) is 4.73. The highest BCUT2D eigenvalue weighted by atomic mass is 16.5. The van der Waals surface area contributed by atoms with Crippen LogP contribution in [0.15, 0.2) is 30.6 Å². The number of aliphatic hydroxyl groups is 1. The van der Waals surface area contributed by atoms with E-state index in [-0.39, 0.29) is 13.2 Å². The van der Waals surface area contributed by atoms with Crippen molar-refractivity contribution in [3.63, 3.8) is 0 Å². The van der Waals surface area contributed by atoms with Gasteiger partial charge in [-0.05, 0) is 37.5 Å². The lowest BCUT2D eigenvalue weighted by Crippen LogP contribution is -2.35. The van der Waals surface area contributed by atoms with E-state index in [1.54, 1.807) is 12.4 Å². The van der Waals surface area contributed by atoms with E-state index >= 15 is 0 Å². The number of hydrogen-bond acceptors (Lipinski definition) is 6. The lowest BCUT2D eigenvalue weighted by atomic mass is 9.97. The average molecular weight is 353 g/mol. The van der Waals surface area contributed by atoms with Gasteiger partial charge in [-0.1, -0.05) is 6.07 Å². The number of rotatable bonds is 5. The Morgan fingerprint density at radius 1 is 1.31 bits per heavy atom. The zero-order valence-electron chi connectivity index (χ0n) is 14.9. The lowest BCUT2D eigenvalue weighted by molar-refractivity contribution is 0.196. The molecule has 1 aliphatic heterocycles. The predicted octanol–water partition coefficient (Wildman–Crippen LogP) is 2.42. The number of aromatic nitrogens is 4. The van der Waals surface area contributed by atoms with E-state index in [9.17, 15) is 0 Å². The number of H-pyrrole nitrogens is 1. The Balaban J connectivity index is 1.53. The molecule has 4 rings (SSSR count). The molecular formula is C19H23N5O2. The van der Waals surface area contributed by atoms with Crippen molar-refractivity contribution in [1.82, 2.24) is 19.9 Å². The third kappa shape index (κ3) is 3.48. The van der Waals surface area contributed by atoms with Gasteiger partial charge >= 0.3 is 0 Å². The van der Waals surface area contributed by atoms with Crippen LogP contribution in [-0.4, -0.2) is 51.3 Å². The van der Waals surface area contributed by atoms with Crippen LogP contribution in [0.5, 0.6) is 5.88 Å². The fraction of sp³-hybridized carbons (Fsp3) is 0.421. The molecule has 1 aromatic carbocycles. The van der Waals surface area contributed by atoms with Gasteiger partial charge in [0.1, 0.15) is 12.4 Å². The molecule has 0 amide bonds. The minimum Gasteiger partial charge on any atom is -0.474 e. The molecule has 1 saturated heterocycles. The number of aryl methyl sites for hydroxylation is 1. The Morgan fingerprint density at radius 2 is 2.23 bits per heavy atom. The number of ether oxygens (including phenoxy) is 1. The van der Waals surface area contributed by atoms with Crippen LogP contribution in [0.3, 0.4) is 0 Å². The average Bonchev–Trinajstić information content (AvgIpc) is 3.10. The van der Waals surface area contributed by atoms with Crippen LogP contribution in [-0.2, 0) is 0 Å². The van der Waals surface area contributed by atoms with Gasteiger partial charge in [-0.25, -0.2) is 4.98 Å². The summed E-state index contributed by atoms with van der Waals surface area (Å²) in [4.78, 5) is 19.2. The van der Waals surface area contributed by atoms with Gasteiger partial charge in [0.15, 0.2) is 5.82 Å². The normalized spacial score (nSPS) is 17.6. The molecular weight excluding hydrogens is 330 g/mol. The summed E-state index contributed by atoms with van der Waals surface area (Å²) in [6.45, 7) is 4.06. The van der Waals surface area contributed by atoms with Gasteiger partial charge in [0.2, 0.25) is 5.88 Å². The van der Waals surface area contributed by atoms with Crippen LogP contribution in [0.4, 0.5) is 5.82 Å². The number of nitrogens with one attached hydrogen (secondary N) is 1. The summed E-state index contributed by atoms with van der Waals surface area (Å²) in [5.41, 5.74) is 3.34. The zero-order chi connectivity index (χ0) is 17.9. The molecule has 7 nitrogen and oxygen atoms in total. The lowest BCUT2D eigenvalue weighted by Gasteiger charge is -2.32. The molecule has 0 saturated carbocycles. The van der Waals surface area contributed by atoms with Crippen LogP contribution in [0, 0.1) is 6.92 Å². The maximum Gasteiger partial charge on any atom is 0.234 e. The Kier molecular flexibility index (Phi) is 4.71. The largest absolute Gasteiger partial charge is 0.474 e. The first-order chi connectivity index (χ1) is 12.7. The number of aromatic amines is 1. The highest BCUT2D eigenvalue weighted by Gasteiger charge is 2.25. The quantitative estimate of drug-likeness (QED) is 0.732. The van der Waals surface area contributed by atoms with Gasteiger partial charge in [-0.3, -0.25) is 4.98 Å². The van der Waals surface area contributed by atoms with Crippen molar-refractivity contribution in [3.8, 4) is 5.88 Å². The summed E-state index contributed by atoms with van der Waals surface area (Å²) >= 11 is 0. The number of aliphatic hydroxyl groups excluding tert-OH is 1. The molecule has 7 heteroatoms. The van der Waals surface area contributed by atoms with E-state index in [0.717, 1.165) is 48.6 Å². The second-order valence-corrected chi connectivity index (χ2v) is 6.72. The Labute approximate surface area is 152 Å². The Hall–Kier alpha value is -2.67. The summed E-state index contributed by atoms with van der Waals surface area (Å²) in [5, 5.41) is 8.89. The summed E-state index contributed by atoms with van der Waals surface area (Å²) in [5.74, 6) is 2.62. The second kappa shape index (κ2) is 7.29. The topological polar surface area (TPSA) is 87.2 Å². The van der Waals surface area contributed by atoms with E-state index in [1.165, 1.54) is 5.56 Å². The smallest absolute Gasteiger partial charge is 0.234 e. The Morgan fingerprint density at radius 3 is 3.12 bits per heavy atom. The van der Waals surface area contributed by atoms with Crippen molar-refractivity contribution in [2.75, 3.05) is 31.2 Å². The number of nitrogens with zero attached hydrogens (tertiary/aromatic N) is 4. The molecule has 0 spiro atoms. The number of benzene rings is 1. The van der Waals surface area contributed by atoms with Gasteiger partial charge in [0.05, 0.1) is 30.0 Å². The van der Waals surface area contributed by atoms with Crippen molar-refractivity contribution >= 4 is 16.9 Å². The monoisotopic (exact) mass is 353 g/mol. The van der Waals surface area contributed by atoms with Crippen LogP contribution in [0.25, 0.3) is 11.0 Å².